The summed E-state index contributed by atoms with van der Waals surface area (Å²) in [4.78, 5) is 13.6. The number of nitrogens with zero attached hydrogens (tertiary/aromatic N) is 5. The number of benzene rings is 1. The Hall–Kier alpha value is -2.10. The number of aromatic nitrogens is 3. The van der Waals surface area contributed by atoms with Crippen LogP contribution in [0.3, 0.4) is 0 Å². The van der Waals surface area contributed by atoms with Crippen LogP contribution in [0.2, 0.25) is 0 Å². The Morgan fingerprint density at radius 3 is 2.77 bits per heavy atom. The Balaban J connectivity index is 1.92. The van der Waals surface area contributed by atoms with Crippen molar-refractivity contribution >= 4 is 38.6 Å². The van der Waals surface area contributed by atoms with E-state index in [9.17, 15) is 0 Å². The van der Waals surface area contributed by atoms with E-state index >= 15 is 0 Å². The third-order valence-corrected chi connectivity index (χ3v) is 5.42. The minimum absolute atomic E-state index is 0.0230. The summed E-state index contributed by atoms with van der Waals surface area (Å²) in [6, 6.07) is 9.97. The lowest BCUT2D eigenvalue weighted by Gasteiger charge is -2.10. The molecule has 3 aromatic rings. The molecule has 0 radical (unpaired) electrons. The van der Waals surface area contributed by atoms with Crippen molar-refractivity contribution in [3.05, 3.63) is 41.6 Å². The fourth-order valence-electron chi connectivity index (χ4n) is 2.38. The second-order valence-electron chi connectivity index (χ2n) is 5.50. The summed E-state index contributed by atoms with van der Waals surface area (Å²) in [5.41, 5.74) is 8.48. The van der Waals surface area contributed by atoms with Gasteiger partial charge in [0.05, 0.1) is 23.5 Å². The number of fused-ring (bicyclic) bond motifs is 1. The van der Waals surface area contributed by atoms with Gasteiger partial charge in [-0.05, 0) is 12.0 Å². The smallest absolute Gasteiger partial charge is 0.190 e. The van der Waals surface area contributed by atoms with Gasteiger partial charge < -0.3 is 10.8 Å². The van der Waals surface area contributed by atoms with E-state index < -0.39 is 0 Å². The van der Waals surface area contributed by atoms with Gasteiger partial charge in [-0.15, -0.1) is 0 Å². The largest absolute Gasteiger partial charge is 0.394 e. The second kappa shape index (κ2) is 9.02. The minimum Gasteiger partial charge on any atom is -0.394 e. The summed E-state index contributed by atoms with van der Waals surface area (Å²) in [5, 5.41) is 18.4. The quantitative estimate of drug-likeness (QED) is 0.344. The number of rotatable bonds is 8. The summed E-state index contributed by atoms with van der Waals surface area (Å²) in [6.45, 7) is 2.29. The van der Waals surface area contributed by atoms with Gasteiger partial charge in [-0.1, -0.05) is 60.4 Å². The highest BCUT2D eigenvalue weighted by Gasteiger charge is 2.19. The number of hydrogen-bond acceptors (Lipinski definition) is 9. The molecule has 2 aromatic heterocycles. The molecule has 7 nitrogen and oxygen atoms in total. The maximum Gasteiger partial charge on any atom is 0.190 e. The first kappa shape index (κ1) is 18.7. The van der Waals surface area contributed by atoms with Crippen LogP contribution in [0.1, 0.15) is 30.6 Å². The van der Waals surface area contributed by atoms with E-state index in [1.54, 1.807) is 11.8 Å². The van der Waals surface area contributed by atoms with E-state index in [0.717, 1.165) is 22.6 Å². The van der Waals surface area contributed by atoms with Gasteiger partial charge in [0, 0.05) is 5.75 Å². The van der Waals surface area contributed by atoms with Crippen molar-refractivity contribution in [1.29, 1.82) is 0 Å². The average molecular weight is 389 g/mol. The third kappa shape index (κ3) is 4.54. The van der Waals surface area contributed by atoms with Crippen LogP contribution in [0.25, 0.3) is 10.3 Å². The summed E-state index contributed by atoms with van der Waals surface area (Å²) >= 11 is 2.92. The summed E-state index contributed by atoms with van der Waals surface area (Å²) in [6.07, 6.45) is 0.738. The van der Waals surface area contributed by atoms with Crippen LogP contribution in [0, 0.1) is 0 Å². The molecule has 0 fully saturated rings. The first-order valence-corrected chi connectivity index (χ1v) is 10.1. The van der Waals surface area contributed by atoms with Gasteiger partial charge in [-0.3, -0.25) is 0 Å². The Morgan fingerprint density at radius 1 is 1.23 bits per heavy atom. The van der Waals surface area contributed by atoms with Crippen LogP contribution in [0.4, 0.5) is 5.13 Å². The number of aliphatic hydroxyl groups excluding tert-OH is 1. The lowest BCUT2D eigenvalue weighted by Crippen LogP contribution is -2.02. The van der Waals surface area contributed by atoms with Crippen LogP contribution in [-0.4, -0.2) is 33.2 Å². The van der Waals surface area contributed by atoms with Crippen LogP contribution in [-0.2, 0) is 5.75 Å². The fourth-order valence-corrected chi connectivity index (χ4v) is 4.00. The van der Waals surface area contributed by atoms with Gasteiger partial charge in [0.15, 0.2) is 15.9 Å². The molecule has 0 aliphatic rings. The molecule has 0 amide bonds. The Labute approximate surface area is 159 Å². The SMILES string of the molecule is CCC(N=NCCO)c1nc(SCc2ccccc2)nc2nc(N)sc12. The monoisotopic (exact) mass is 388 g/mol. The molecule has 0 saturated carbocycles. The fraction of sp³-hybridized carbons (Fsp3) is 0.353. The van der Waals surface area contributed by atoms with Gasteiger partial charge in [0.1, 0.15) is 6.04 Å². The standard InChI is InChI=1S/C17H20N6OS2/c1-2-12(23-19-8-9-24)13-14-15(21-16(18)26-14)22-17(20-13)25-10-11-6-4-3-5-7-11/h3-7,12,24H,2,8-10H2,1H3,(H2,18,20,21,22). The predicted octanol–water partition coefficient (Wildman–Crippen LogP) is 3.86. The van der Waals surface area contributed by atoms with Gasteiger partial charge in [0.2, 0.25) is 0 Å². The molecule has 1 aromatic carbocycles. The predicted molar refractivity (Wildman–Crippen MR) is 105 cm³/mol. The summed E-state index contributed by atoms with van der Waals surface area (Å²) in [7, 11) is 0. The van der Waals surface area contributed by atoms with Crippen molar-refractivity contribution in [3.63, 3.8) is 0 Å². The molecule has 3 rings (SSSR count). The van der Waals surface area contributed by atoms with Crippen LogP contribution in [0.15, 0.2) is 45.7 Å². The normalized spacial score (nSPS) is 12.8. The number of hydrogen-bond donors (Lipinski definition) is 2. The summed E-state index contributed by atoms with van der Waals surface area (Å²) < 4.78 is 0.848. The van der Waals surface area contributed by atoms with E-state index in [1.807, 2.05) is 25.1 Å². The van der Waals surface area contributed by atoms with E-state index in [4.69, 9.17) is 15.8 Å². The number of aliphatic hydroxyl groups is 1. The molecule has 0 aliphatic carbocycles. The Morgan fingerprint density at radius 2 is 2.04 bits per heavy atom. The Kier molecular flexibility index (Phi) is 6.48. The topological polar surface area (TPSA) is 110 Å². The van der Waals surface area contributed by atoms with E-state index in [0.29, 0.717) is 15.9 Å². The van der Waals surface area contributed by atoms with Crippen LogP contribution >= 0.6 is 23.1 Å². The lowest BCUT2D eigenvalue weighted by atomic mass is 10.1. The van der Waals surface area contributed by atoms with Crippen molar-refractivity contribution in [2.75, 3.05) is 18.9 Å². The van der Waals surface area contributed by atoms with Gasteiger partial charge in [-0.25, -0.2) is 15.0 Å². The molecule has 0 bridgehead atoms. The van der Waals surface area contributed by atoms with E-state index in [2.05, 4.69) is 32.3 Å². The zero-order valence-corrected chi connectivity index (χ0v) is 16.0. The molecule has 0 spiro atoms. The van der Waals surface area contributed by atoms with Crippen molar-refractivity contribution in [3.8, 4) is 0 Å². The molecule has 2 heterocycles. The van der Waals surface area contributed by atoms with Crippen molar-refractivity contribution in [2.45, 2.75) is 30.3 Å². The molecule has 26 heavy (non-hydrogen) atoms. The third-order valence-electron chi connectivity index (χ3n) is 3.61. The van der Waals surface area contributed by atoms with Gasteiger partial charge >= 0.3 is 0 Å². The number of nitrogens with two attached hydrogens (primary N) is 1. The zero-order valence-electron chi connectivity index (χ0n) is 14.4. The second-order valence-corrected chi connectivity index (χ2v) is 7.47. The number of thiazole rings is 1. The molecule has 0 saturated heterocycles. The molecule has 3 N–H and O–H groups in total. The first-order chi connectivity index (χ1) is 12.7. The van der Waals surface area contributed by atoms with Crippen LogP contribution in [0.5, 0.6) is 0 Å². The highest BCUT2D eigenvalue weighted by atomic mass is 32.2. The highest BCUT2D eigenvalue weighted by Crippen LogP contribution is 2.34. The number of anilines is 1. The molecule has 0 aliphatic heterocycles. The molecular weight excluding hydrogens is 368 g/mol. The molecule has 1 atom stereocenters. The van der Waals surface area contributed by atoms with Crippen molar-refractivity contribution in [1.82, 2.24) is 15.0 Å². The number of azo groups is 1. The average Bonchev–Trinajstić information content (AvgIpc) is 3.04. The number of nitrogen functional groups attached to an aromatic ring is 1. The maximum atomic E-state index is 8.91. The lowest BCUT2D eigenvalue weighted by molar-refractivity contribution is 0.303. The zero-order chi connectivity index (χ0) is 18.4. The van der Waals surface area contributed by atoms with E-state index in [-0.39, 0.29) is 19.2 Å². The minimum atomic E-state index is -0.206. The molecule has 9 heteroatoms. The van der Waals surface area contributed by atoms with Gasteiger partial charge in [0.25, 0.3) is 0 Å². The highest BCUT2D eigenvalue weighted by molar-refractivity contribution is 7.98. The molecular formula is C17H20N6OS2. The maximum absolute atomic E-state index is 8.91. The Bertz CT molecular complexity index is 884. The first-order valence-electron chi connectivity index (χ1n) is 8.29. The van der Waals surface area contributed by atoms with Crippen molar-refractivity contribution in [2.24, 2.45) is 10.2 Å². The van der Waals surface area contributed by atoms with Gasteiger partial charge in [-0.2, -0.15) is 10.2 Å². The molecule has 136 valence electrons. The van der Waals surface area contributed by atoms with E-state index in [1.165, 1.54) is 16.9 Å². The molecule has 1 unspecified atom stereocenters. The van der Waals surface area contributed by atoms with Crippen LogP contribution < -0.4 is 5.73 Å². The van der Waals surface area contributed by atoms with Crippen molar-refractivity contribution < 1.29 is 5.11 Å². The summed E-state index contributed by atoms with van der Waals surface area (Å²) in [5.74, 6) is 0.772. The number of thioether (sulfide) groups is 1.